The lowest BCUT2D eigenvalue weighted by atomic mass is 10.4. The van der Waals surface area contributed by atoms with Gasteiger partial charge in [-0.05, 0) is 0 Å². The highest BCUT2D eigenvalue weighted by atomic mass is 31.2. The molecule has 0 aromatic heterocycles. The Bertz CT molecular complexity index is 202. The van der Waals surface area contributed by atoms with Crippen molar-refractivity contribution in [1.29, 1.82) is 0 Å². The summed E-state index contributed by atoms with van der Waals surface area (Å²) >= 11 is 0. The SMILES string of the molecule is C#COCC(CO)OP(=O)(O)O. The number of hydrogen-bond acceptors (Lipinski definition) is 4. The molecule has 7 heteroatoms. The Balaban J connectivity index is 3.85. The Morgan fingerprint density at radius 3 is 2.50 bits per heavy atom. The van der Waals surface area contributed by atoms with E-state index < -0.39 is 20.5 Å². The maximum Gasteiger partial charge on any atom is 0.470 e. The number of hydrogen-bond donors (Lipinski definition) is 3. The zero-order chi connectivity index (χ0) is 9.61. The molecule has 12 heavy (non-hydrogen) atoms. The molecular weight excluding hydrogens is 187 g/mol. The first-order chi connectivity index (χ1) is 5.49. The number of aliphatic hydroxyl groups is 1. The van der Waals surface area contributed by atoms with E-state index in [1.807, 2.05) is 0 Å². The Kier molecular flexibility index (Phi) is 4.90. The van der Waals surface area contributed by atoms with Crippen molar-refractivity contribution in [2.75, 3.05) is 13.2 Å². The number of rotatable bonds is 5. The first-order valence-electron chi connectivity index (χ1n) is 2.92. The maximum atomic E-state index is 10.2. The van der Waals surface area contributed by atoms with Gasteiger partial charge in [0.1, 0.15) is 18.8 Å². The van der Waals surface area contributed by atoms with Gasteiger partial charge in [0.05, 0.1) is 6.61 Å². The van der Waals surface area contributed by atoms with Gasteiger partial charge in [0.25, 0.3) is 0 Å². The lowest BCUT2D eigenvalue weighted by Crippen LogP contribution is -2.21. The van der Waals surface area contributed by atoms with Gasteiger partial charge in [0.15, 0.2) is 0 Å². The molecule has 0 aliphatic heterocycles. The second-order valence-electron chi connectivity index (χ2n) is 1.83. The largest absolute Gasteiger partial charge is 0.470 e. The molecule has 3 N–H and O–H groups in total. The summed E-state index contributed by atoms with van der Waals surface area (Å²) in [4.78, 5) is 16.6. The zero-order valence-corrected chi connectivity index (χ0v) is 6.98. The second kappa shape index (κ2) is 5.14. The summed E-state index contributed by atoms with van der Waals surface area (Å²) in [6.45, 7) is -0.842. The lowest BCUT2D eigenvalue weighted by molar-refractivity contribution is 0.0386. The molecule has 0 fully saturated rings. The van der Waals surface area contributed by atoms with E-state index in [4.69, 9.17) is 21.3 Å². The Morgan fingerprint density at radius 1 is 1.58 bits per heavy atom. The number of aliphatic hydroxyl groups excluding tert-OH is 1. The third-order valence-electron chi connectivity index (χ3n) is 0.843. The molecule has 0 saturated heterocycles. The van der Waals surface area contributed by atoms with Crippen molar-refractivity contribution in [2.45, 2.75) is 6.10 Å². The maximum absolute atomic E-state index is 10.2. The highest BCUT2D eigenvalue weighted by Gasteiger charge is 2.21. The van der Waals surface area contributed by atoms with Gasteiger partial charge in [0, 0.05) is 0 Å². The molecule has 0 aliphatic carbocycles. The van der Waals surface area contributed by atoms with E-state index in [0.717, 1.165) is 0 Å². The molecule has 6 nitrogen and oxygen atoms in total. The van der Waals surface area contributed by atoms with E-state index >= 15 is 0 Å². The molecule has 0 aromatic rings. The monoisotopic (exact) mass is 196 g/mol. The molecule has 0 rings (SSSR count). The average molecular weight is 196 g/mol. The normalized spacial score (nSPS) is 13.5. The van der Waals surface area contributed by atoms with Crippen molar-refractivity contribution in [1.82, 2.24) is 0 Å². The average Bonchev–Trinajstić information content (AvgIpc) is 1.95. The van der Waals surface area contributed by atoms with Crippen LogP contribution in [0.2, 0.25) is 0 Å². The molecule has 0 bridgehead atoms. The van der Waals surface area contributed by atoms with Gasteiger partial charge in [-0.3, -0.25) is 4.52 Å². The molecule has 1 unspecified atom stereocenters. The molecule has 0 heterocycles. The second-order valence-corrected chi connectivity index (χ2v) is 3.02. The summed E-state index contributed by atoms with van der Waals surface area (Å²) in [7, 11) is -4.59. The van der Waals surface area contributed by atoms with Crippen LogP contribution >= 0.6 is 7.82 Å². The summed E-state index contributed by atoms with van der Waals surface area (Å²) in [5, 5.41) is 8.50. The van der Waals surface area contributed by atoms with Crippen LogP contribution in [0.15, 0.2) is 0 Å². The first kappa shape index (κ1) is 11.4. The van der Waals surface area contributed by atoms with Gasteiger partial charge >= 0.3 is 7.82 Å². The standard InChI is InChI=1S/C5H9O6P/c1-2-10-4-5(3-6)11-12(7,8)9/h1,5-6H,3-4H2,(H2,7,8,9). The van der Waals surface area contributed by atoms with Crippen LogP contribution in [0.3, 0.4) is 0 Å². The van der Waals surface area contributed by atoms with Crippen LogP contribution in [0.5, 0.6) is 0 Å². The van der Waals surface area contributed by atoms with Crippen molar-refractivity contribution in [3.63, 3.8) is 0 Å². The molecule has 0 radical (unpaired) electrons. The van der Waals surface area contributed by atoms with Crippen LogP contribution < -0.4 is 0 Å². The van der Waals surface area contributed by atoms with Gasteiger partial charge in [-0.15, -0.1) is 0 Å². The molecule has 0 amide bonds. The van der Waals surface area contributed by atoms with E-state index in [9.17, 15) is 4.57 Å². The van der Waals surface area contributed by atoms with Crippen LogP contribution in [0, 0.1) is 12.5 Å². The van der Waals surface area contributed by atoms with Crippen molar-refractivity contribution >= 4 is 7.82 Å². The van der Waals surface area contributed by atoms with Crippen LogP contribution in [-0.2, 0) is 13.8 Å². The summed E-state index contributed by atoms with van der Waals surface area (Å²) in [5.41, 5.74) is 0. The third kappa shape index (κ3) is 6.16. The van der Waals surface area contributed by atoms with E-state index in [1.54, 1.807) is 6.11 Å². The van der Waals surface area contributed by atoms with E-state index in [-0.39, 0.29) is 6.61 Å². The van der Waals surface area contributed by atoms with Gasteiger partial charge in [-0.1, -0.05) is 6.42 Å². The summed E-state index contributed by atoms with van der Waals surface area (Å²) in [6.07, 6.45) is 5.36. The third-order valence-corrected chi connectivity index (χ3v) is 1.42. The minimum absolute atomic E-state index is 0.266. The van der Waals surface area contributed by atoms with Crippen molar-refractivity contribution < 1.29 is 28.7 Å². The minimum Gasteiger partial charge on any atom is -0.444 e. The summed E-state index contributed by atoms with van der Waals surface area (Å²) in [6, 6.07) is 0. The van der Waals surface area contributed by atoms with E-state index in [0.29, 0.717) is 0 Å². The fourth-order valence-corrected chi connectivity index (χ4v) is 0.968. The highest BCUT2D eigenvalue weighted by Crippen LogP contribution is 2.37. The van der Waals surface area contributed by atoms with Gasteiger partial charge < -0.3 is 19.6 Å². The van der Waals surface area contributed by atoms with Gasteiger partial charge in [-0.25, -0.2) is 4.57 Å². The summed E-state index contributed by atoms with van der Waals surface area (Å²) < 4.78 is 18.6. The van der Waals surface area contributed by atoms with Crippen LogP contribution in [0.1, 0.15) is 0 Å². The van der Waals surface area contributed by atoms with Crippen molar-refractivity contribution in [3.05, 3.63) is 0 Å². The fraction of sp³-hybridized carbons (Fsp3) is 0.600. The van der Waals surface area contributed by atoms with Crippen LogP contribution in [0.25, 0.3) is 0 Å². The smallest absolute Gasteiger partial charge is 0.444 e. The summed E-state index contributed by atoms with van der Waals surface area (Å²) in [5.74, 6) is 0. The Hall–Kier alpha value is -0.570. The molecule has 0 aliphatic rings. The number of phosphoric ester groups is 1. The van der Waals surface area contributed by atoms with Crippen molar-refractivity contribution in [2.24, 2.45) is 0 Å². The first-order valence-corrected chi connectivity index (χ1v) is 4.45. The molecule has 70 valence electrons. The van der Waals surface area contributed by atoms with Gasteiger partial charge in [-0.2, -0.15) is 0 Å². The zero-order valence-electron chi connectivity index (χ0n) is 6.08. The minimum atomic E-state index is -4.59. The van der Waals surface area contributed by atoms with E-state index in [2.05, 4.69) is 9.26 Å². The predicted molar refractivity (Wildman–Crippen MR) is 38.8 cm³/mol. The van der Waals surface area contributed by atoms with Gasteiger partial charge in [0.2, 0.25) is 0 Å². The van der Waals surface area contributed by atoms with Crippen LogP contribution in [-0.4, -0.2) is 34.2 Å². The molecule has 0 aromatic carbocycles. The number of phosphoric acid groups is 1. The lowest BCUT2D eigenvalue weighted by Gasteiger charge is -2.13. The Labute approximate surface area is 69.4 Å². The van der Waals surface area contributed by atoms with Crippen LogP contribution in [0.4, 0.5) is 0 Å². The fourth-order valence-electron chi connectivity index (χ4n) is 0.452. The molecule has 0 saturated carbocycles. The molecule has 1 atom stereocenters. The number of ether oxygens (including phenoxy) is 1. The number of terminal acetylenes is 1. The predicted octanol–water partition coefficient (Wildman–Crippen LogP) is -0.936. The quantitative estimate of drug-likeness (QED) is 0.388. The Morgan fingerprint density at radius 2 is 2.17 bits per heavy atom. The topological polar surface area (TPSA) is 96.2 Å². The van der Waals surface area contributed by atoms with E-state index in [1.165, 1.54) is 0 Å². The molecular formula is C5H9O6P. The highest BCUT2D eigenvalue weighted by molar-refractivity contribution is 7.46. The molecule has 0 spiro atoms. The van der Waals surface area contributed by atoms with Crippen molar-refractivity contribution in [3.8, 4) is 12.5 Å².